The van der Waals surface area contributed by atoms with Crippen LogP contribution in [-0.2, 0) is 0 Å². The summed E-state index contributed by atoms with van der Waals surface area (Å²) in [6.07, 6.45) is 11.7. The fraction of sp³-hybridized carbons (Fsp3) is 0.400. The zero-order valence-electron chi connectivity index (χ0n) is 21.8. The molecule has 1 aliphatic carbocycles. The van der Waals surface area contributed by atoms with Crippen molar-refractivity contribution in [1.82, 2.24) is 9.88 Å². The van der Waals surface area contributed by atoms with Gasteiger partial charge in [0, 0.05) is 44.7 Å². The molecule has 1 aromatic heterocycles. The Labute approximate surface area is 211 Å². The number of aromatic nitrogens is 1. The van der Waals surface area contributed by atoms with Crippen molar-refractivity contribution in [2.45, 2.75) is 51.7 Å². The third kappa shape index (κ3) is 6.70. The topological polar surface area (TPSA) is 60.8 Å². The van der Waals surface area contributed by atoms with Gasteiger partial charge in [-0.2, -0.15) is 0 Å². The summed E-state index contributed by atoms with van der Waals surface area (Å²) < 4.78 is 0. The number of aliphatic hydroxyl groups excluding tert-OH is 1. The molecule has 5 heteroatoms. The summed E-state index contributed by atoms with van der Waals surface area (Å²) >= 11 is 0. The molecule has 0 amide bonds. The predicted molar refractivity (Wildman–Crippen MR) is 151 cm³/mol. The van der Waals surface area contributed by atoms with Gasteiger partial charge in [0.25, 0.3) is 0 Å². The number of aliphatic imine (C=N–C) groups is 1. The van der Waals surface area contributed by atoms with Crippen LogP contribution in [0.5, 0.6) is 0 Å². The molecule has 1 aliphatic rings. The number of hydrogen-bond acceptors (Lipinski definition) is 5. The maximum atomic E-state index is 11.0. The average molecular weight is 473 g/mol. The quantitative estimate of drug-likeness (QED) is 0.269. The first kappa shape index (κ1) is 26.4. The summed E-state index contributed by atoms with van der Waals surface area (Å²) in [5.41, 5.74) is 6.05. The summed E-state index contributed by atoms with van der Waals surface area (Å²) in [4.78, 5) is 11.3. The smallest absolute Gasteiger partial charge is 0.134 e. The van der Waals surface area contributed by atoms with E-state index in [0.29, 0.717) is 0 Å². The number of allylic oxidation sites excluding steroid dienone is 4. The number of pyridine rings is 1. The summed E-state index contributed by atoms with van der Waals surface area (Å²) in [7, 11) is 5.79. The Bertz CT molecular complexity index is 1100. The molecule has 1 fully saturated rings. The molecule has 35 heavy (non-hydrogen) atoms. The van der Waals surface area contributed by atoms with E-state index in [2.05, 4.69) is 66.4 Å². The van der Waals surface area contributed by atoms with Gasteiger partial charge in [-0.1, -0.05) is 56.7 Å². The Balaban J connectivity index is 2.06. The van der Waals surface area contributed by atoms with Gasteiger partial charge in [-0.05, 0) is 60.6 Å². The van der Waals surface area contributed by atoms with Crippen LogP contribution in [0.15, 0.2) is 66.3 Å². The summed E-state index contributed by atoms with van der Waals surface area (Å²) in [6.45, 7) is 8.14. The lowest BCUT2D eigenvalue weighted by Gasteiger charge is -2.27. The van der Waals surface area contributed by atoms with Crippen molar-refractivity contribution in [2.24, 2.45) is 10.9 Å². The van der Waals surface area contributed by atoms with E-state index in [1.54, 1.807) is 7.05 Å². The molecular weight excluding hydrogens is 432 g/mol. The van der Waals surface area contributed by atoms with Crippen molar-refractivity contribution in [1.29, 1.82) is 0 Å². The first-order valence-electron chi connectivity index (χ1n) is 12.5. The Morgan fingerprint density at radius 2 is 1.94 bits per heavy atom. The van der Waals surface area contributed by atoms with E-state index in [1.807, 2.05) is 44.3 Å². The van der Waals surface area contributed by atoms with Gasteiger partial charge in [0.2, 0.25) is 0 Å². The second-order valence-electron chi connectivity index (χ2n) is 9.56. The van der Waals surface area contributed by atoms with Crippen LogP contribution in [0.25, 0.3) is 22.4 Å². The van der Waals surface area contributed by atoms with Crippen LogP contribution in [0, 0.1) is 5.92 Å². The SMILES string of the molecule is C=C/C(=C\N(C)C)c1cccc(-c2ccc(/C(C=NC)=C/C)c(NC3CCCCC(C)C3O)n2)c1. The van der Waals surface area contributed by atoms with Crippen molar-refractivity contribution in [3.05, 3.63) is 72.5 Å². The molecule has 2 N–H and O–H groups in total. The van der Waals surface area contributed by atoms with Crippen LogP contribution in [0.4, 0.5) is 5.82 Å². The fourth-order valence-corrected chi connectivity index (χ4v) is 4.68. The maximum Gasteiger partial charge on any atom is 0.134 e. The standard InChI is InChI=1S/C30H40N4O/c1-7-22(19-31-4)26-16-17-27(25-14-11-13-24(18-25)23(8-2)20-34(5)6)32-30(26)33-28-15-10-9-12-21(3)29(28)35/h7-8,11,13-14,16-21,28-29,35H,2,9-10,12,15H2,1,3-6H3,(H,32,33)/b22-7+,23-20+,31-19?. The largest absolute Gasteiger partial charge is 0.391 e. The molecule has 0 aliphatic heterocycles. The summed E-state index contributed by atoms with van der Waals surface area (Å²) in [5.74, 6) is 1.05. The molecular formula is C30H40N4O. The van der Waals surface area contributed by atoms with Crippen molar-refractivity contribution >= 4 is 23.2 Å². The van der Waals surface area contributed by atoms with Gasteiger partial charge in [-0.25, -0.2) is 4.98 Å². The molecule has 3 atom stereocenters. The minimum atomic E-state index is -0.403. The van der Waals surface area contributed by atoms with Crippen molar-refractivity contribution in [2.75, 3.05) is 26.5 Å². The van der Waals surface area contributed by atoms with E-state index < -0.39 is 6.10 Å². The fourth-order valence-electron chi connectivity index (χ4n) is 4.68. The van der Waals surface area contributed by atoms with Crippen LogP contribution in [-0.4, -0.2) is 54.5 Å². The minimum absolute atomic E-state index is 0.0348. The van der Waals surface area contributed by atoms with E-state index in [4.69, 9.17) is 4.98 Å². The van der Waals surface area contributed by atoms with Crippen molar-refractivity contribution < 1.29 is 5.11 Å². The zero-order chi connectivity index (χ0) is 25.4. The number of benzene rings is 1. The summed E-state index contributed by atoms with van der Waals surface area (Å²) in [5, 5.41) is 14.6. The molecule has 0 spiro atoms. The molecule has 0 bridgehead atoms. The molecule has 3 rings (SSSR count). The van der Waals surface area contributed by atoms with Gasteiger partial charge in [-0.15, -0.1) is 0 Å². The molecule has 1 heterocycles. The first-order valence-corrected chi connectivity index (χ1v) is 12.5. The van der Waals surface area contributed by atoms with Crippen LogP contribution in [0.3, 0.4) is 0 Å². The molecule has 3 unspecified atom stereocenters. The predicted octanol–water partition coefficient (Wildman–Crippen LogP) is 6.29. The first-order chi connectivity index (χ1) is 16.9. The Kier molecular flexibility index (Phi) is 9.44. The van der Waals surface area contributed by atoms with Crippen LogP contribution >= 0.6 is 0 Å². The van der Waals surface area contributed by atoms with Gasteiger partial charge < -0.3 is 15.3 Å². The number of anilines is 1. The van der Waals surface area contributed by atoms with Gasteiger partial charge in [-0.3, -0.25) is 4.99 Å². The molecule has 5 nitrogen and oxygen atoms in total. The van der Waals surface area contributed by atoms with Crippen LogP contribution in [0.2, 0.25) is 0 Å². The second-order valence-corrected chi connectivity index (χ2v) is 9.56. The van der Waals surface area contributed by atoms with Gasteiger partial charge >= 0.3 is 0 Å². The number of nitrogens with zero attached hydrogens (tertiary/aromatic N) is 3. The normalized spacial score (nSPS) is 21.6. The second kappa shape index (κ2) is 12.5. The molecule has 0 radical (unpaired) electrons. The molecule has 2 aromatic rings. The Morgan fingerprint density at radius 1 is 1.17 bits per heavy atom. The number of hydrogen-bond donors (Lipinski definition) is 2. The number of aliphatic hydroxyl groups is 1. The lowest BCUT2D eigenvalue weighted by molar-refractivity contribution is 0.0986. The maximum absolute atomic E-state index is 11.0. The van der Waals surface area contributed by atoms with Gasteiger partial charge in [0.05, 0.1) is 17.8 Å². The number of nitrogens with one attached hydrogen (secondary N) is 1. The highest BCUT2D eigenvalue weighted by Gasteiger charge is 2.28. The average Bonchev–Trinajstić information content (AvgIpc) is 3.01. The van der Waals surface area contributed by atoms with E-state index in [0.717, 1.165) is 65.0 Å². The van der Waals surface area contributed by atoms with E-state index in [9.17, 15) is 5.11 Å². The van der Waals surface area contributed by atoms with Crippen LogP contribution in [0.1, 0.15) is 50.7 Å². The zero-order valence-corrected chi connectivity index (χ0v) is 21.8. The van der Waals surface area contributed by atoms with Gasteiger partial charge in [0.15, 0.2) is 0 Å². The van der Waals surface area contributed by atoms with E-state index in [1.165, 1.54) is 0 Å². The molecule has 1 aromatic carbocycles. The van der Waals surface area contributed by atoms with E-state index in [-0.39, 0.29) is 12.0 Å². The van der Waals surface area contributed by atoms with Gasteiger partial charge in [0.1, 0.15) is 5.82 Å². The molecule has 0 saturated heterocycles. The lowest BCUT2D eigenvalue weighted by atomic mass is 9.96. The molecule has 186 valence electrons. The third-order valence-electron chi connectivity index (χ3n) is 6.64. The van der Waals surface area contributed by atoms with Crippen LogP contribution < -0.4 is 5.32 Å². The highest BCUT2D eigenvalue weighted by molar-refractivity contribution is 6.11. The van der Waals surface area contributed by atoms with Crippen molar-refractivity contribution in [3.8, 4) is 11.3 Å². The lowest BCUT2D eigenvalue weighted by Crippen LogP contribution is -2.37. The minimum Gasteiger partial charge on any atom is -0.391 e. The Morgan fingerprint density at radius 3 is 2.63 bits per heavy atom. The van der Waals surface area contributed by atoms with Crippen molar-refractivity contribution in [3.63, 3.8) is 0 Å². The monoisotopic (exact) mass is 472 g/mol. The van der Waals surface area contributed by atoms with E-state index >= 15 is 0 Å². The highest BCUT2D eigenvalue weighted by atomic mass is 16.3. The Hall–Kier alpha value is -3.18. The molecule has 1 saturated carbocycles. The summed E-state index contributed by atoms with van der Waals surface area (Å²) in [6, 6.07) is 12.5. The highest BCUT2D eigenvalue weighted by Crippen LogP contribution is 2.31. The number of rotatable bonds is 8. The third-order valence-corrected chi connectivity index (χ3v) is 6.64.